The second kappa shape index (κ2) is 9.91. The molecule has 6 heteroatoms. The number of carbonyl (C=O) groups is 1. The second-order valence-electron chi connectivity index (χ2n) is 6.52. The molecule has 0 radical (unpaired) electrons. The summed E-state index contributed by atoms with van der Waals surface area (Å²) in [5.41, 5.74) is 1.27. The van der Waals surface area contributed by atoms with Crippen LogP contribution in [0.2, 0.25) is 0 Å². The van der Waals surface area contributed by atoms with Crippen molar-refractivity contribution in [1.82, 2.24) is 15.5 Å². The summed E-state index contributed by atoms with van der Waals surface area (Å²) < 4.78 is 0. The molecule has 1 saturated heterocycles. The van der Waals surface area contributed by atoms with Gasteiger partial charge in [0.2, 0.25) is 5.91 Å². The van der Waals surface area contributed by atoms with E-state index >= 15 is 0 Å². The van der Waals surface area contributed by atoms with E-state index in [2.05, 4.69) is 56.6 Å². The average Bonchev–Trinajstić information content (AvgIpc) is 2.61. The van der Waals surface area contributed by atoms with Crippen LogP contribution in [0.5, 0.6) is 0 Å². The highest BCUT2D eigenvalue weighted by molar-refractivity contribution is 5.81. The first-order valence-corrected chi connectivity index (χ1v) is 9.22. The van der Waals surface area contributed by atoms with Crippen molar-refractivity contribution in [3.63, 3.8) is 0 Å². The molecule has 1 amide bonds. The lowest BCUT2D eigenvalue weighted by Gasteiger charge is -2.37. The Morgan fingerprint density at radius 3 is 2.44 bits per heavy atom. The monoisotopic (exact) mass is 345 g/mol. The van der Waals surface area contributed by atoms with E-state index in [1.54, 1.807) is 0 Å². The lowest BCUT2D eigenvalue weighted by atomic mass is 10.2. The van der Waals surface area contributed by atoms with Gasteiger partial charge in [-0.05, 0) is 32.9 Å². The molecule has 1 aromatic rings. The predicted octanol–water partition coefficient (Wildman–Crippen LogP) is 1.69. The molecule has 0 aromatic heterocycles. The molecule has 0 spiro atoms. The molecular formula is C19H31N5O. The van der Waals surface area contributed by atoms with Crippen molar-refractivity contribution < 1.29 is 4.79 Å². The van der Waals surface area contributed by atoms with Gasteiger partial charge in [-0.3, -0.25) is 9.79 Å². The van der Waals surface area contributed by atoms with E-state index < -0.39 is 0 Å². The maximum Gasteiger partial charge on any atom is 0.222 e. The van der Waals surface area contributed by atoms with E-state index in [4.69, 9.17) is 0 Å². The van der Waals surface area contributed by atoms with Gasteiger partial charge in [0, 0.05) is 50.9 Å². The summed E-state index contributed by atoms with van der Waals surface area (Å²) in [5.74, 6) is 0.969. The average molecular weight is 345 g/mol. The zero-order chi connectivity index (χ0) is 18.1. The van der Waals surface area contributed by atoms with Gasteiger partial charge in [0.25, 0.3) is 0 Å². The Hall–Kier alpha value is -2.24. The van der Waals surface area contributed by atoms with Crippen LogP contribution in [0, 0.1) is 0 Å². The van der Waals surface area contributed by atoms with Crippen LogP contribution in [0.3, 0.4) is 0 Å². The summed E-state index contributed by atoms with van der Waals surface area (Å²) >= 11 is 0. The Labute approximate surface area is 151 Å². The number of piperazine rings is 1. The number of hydrogen-bond donors (Lipinski definition) is 2. The topological polar surface area (TPSA) is 60.0 Å². The molecule has 1 heterocycles. The minimum Gasteiger partial charge on any atom is -0.368 e. The number of benzene rings is 1. The van der Waals surface area contributed by atoms with Crippen LogP contribution >= 0.6 is 0 Å². The van der Waals surface area contributed by atoms with Gasteiger partial charge in [-0.1, -0.05) is 18.2 Å². The van der Waals surface area contributed by atoms with Crippen molar-refractivity contribution in [1.29, 1.82) is 0 Å². The molecule has 0 saturated carbocycles. The number of para-hydroxylation sites is 1. The molecular weight excluding hydrogens is 314 g/mol. The molecule has 2 rings (SSSR count). The predicted molar refractivity (Wildman–Crippen MR) is 104 cm³/mol. The van der Waals surface area contributed by atoms with E-state index in [1.807, 2.05) is 19.9 Å². The van der Waals surface area contributed by atoms with Crippen molar-refractivity contribution >= 4 is 17.6 Å². The number of nitrogens with zero attached hydrogens (tertiary/aromatic N) is 3. The zero-order valence-electron chi connectivity index (χ0n) is 15.7. The molecule has 1 fully saturated rings. The lowest BCUT2D eigenvalue weighted by Crippen LogP contribution is -2.52. The first-order valence-electron chi connectivity index (χ1n) is 9.22. The third-order valence-electron chi connectivity index (χ3n) is 4.09. The third kappa shape index (κ3) is 6.29. The molecule has 1 aromatic carbocycles. The van der Waals surface area contributed by atoms with E-state index in [0.717, 1.165) is 38.7 Å². The Kier molecular flexibility index (Phi) is 7.57. The fourth-order valence-corrected chi connectivity index (χ4v) is 2.90. The molecule has 0 bridgehead atoms. The van der Waals surface area contributed by atoms with E-state index in [9.17, 15) is 4.79 Å². The maximum atomic E-state index is 11.7. The van der Waals surface area contributed by atoms with Crippen LogP contribution in [0.1, 0.15) is 27.2 Å². The van der Waals surface area contributed by atoms with Gasteiger partial charge >= 0.3 is 0 Å². The smallest absolute Gasteiger partial charge is 0.222 e. The van der Waals surface area contributed by atoms with Crippen molar-refractivity contribution in [2.45, 2.75) is 33.2 Å². The van der Waals surface area contributed by atoms with Crippen LogP contribution in [-0.2, 0) is 4.79 Å². The van der Waals surface area contributed by atoms with E-state index in [1.165, 1.54) is 5.69 Å². The Morgan fingerprint density at radius 2 is 1.84 bits per heavy atom. The number of amides is 1. The number of nitrogens with one attached hydrogen (secondary N) is 2. The maximum absolute atomic E-state index is 11.7. The summed E-state index contributed by atoms with van der Waals surface area (Å²) in [6.45, 7) is 11.2. The molecule has 0 atom stereocenters. The minimum absolute atomic E-state index is 0.0588. The number of guanidine groups is 1. The standard InChI is InChI=1S/C19H31N5O/c1-4-20-19(21-11-10-18(25)22-16(2)3)24-14-12-23(13-15-24)17-8-6-5-7-9-17/h5-9,16H,4,10-15H2,1-3H3,(H,20,21)(H,22,25). The number of rotatable bonds is 6. The quantitative estimate of drug-likeness (QED) is 0.608. The van der Waals surface area contributed by atoms with E-state index in [-0.39, 0.29) is 11.9 Å². The third-order valence-corrected chi connectivity index (χ3v) is 4.09. The number of carbonyl (C=O) groups excluding carboxylic acids is 1. The number of anilines is 1. The Balaban J connectivity index is 1.86. The first kappa shape index (κ1) is 19.1. The van der Waals surface area contributed by atoms with Crippen molar-refractivity contribution in [2.75, 3.05) is 44.2 Å². The normalized spacial score (nSPS) is 15.4. The van der Waals surface area contributed by atoms with Crippen molar-refractivity contribution in [2.24, 2.45) is 4.99 Å². The largest absolute Gasteiger partial charge is 0.368 e. The summed E-state index contributed by atoms with van der Waals surface area (Å²) in [6.07, 6.45) is 0.428. The van der Waals surface area contributed by atoms with Gasteiger partial charge in [0.15, 0.2) is 5.96 Å². The minimum atomic E-state index is 0.0588. The summed E-state index contributed by atoms with van der Waals surface area (Å²) in [6, 6.07) is 10.7. The Bertz CT molecular complexity index is 550. The molecule has 6 nitrogen and oxygen atoms in total. The fraction of sp³-hybridized carbons (Fsp3) is 0.579. The highest BCUT2D eigenvalue weighted by Crippen LogP contribution is 2.15. The molecule has 138 valence electrons. The lowest BCUT2D eigenvalue weighted by molar-refractivity contribution is -0.121. The van der Waals surface area contributed by atoms with E-state index in [0.29, 0.717) is 13.0 Å². The molecule has 1 aliphatic rings. The van der Waals surface area contributed by atoms with Gasteiger partial charge in [-0.15, -0.1) is 0 Å². The molecule has 2 N–H and O–H groups in total. The van der Waals surface area contributed by atoms with Crippen LogP contribution in [-0.4, -0.2) is 62.1 Å². The van der Waals surface area contributed by atoms with Crippen LogP contribution in [0.4, 0.5) is 5.69 Å². The van der Waals surface area contributed by atoms with Gasteiger partial charge in [-0.2, -0.15) is 0 Å². The van der Waals surface area contributed by atoms with Crippen LogP contribution in [0.25, 0.3) is 0 Å². The van der Waals surface area contributed by atoms with Crippen molar-refractivity contribution in [3.8, 4) is 0 Å². The van der Waals surface area contributed by atoms with Gasteiger partial charge in [0.05, 0.1) is 6.54 Å². The number of aliphatic imine (C=N–C) groups is 1. The number of hydrogen-bond acceptors (Lipinski definition) is 3. The summed E-state index contributed by atoms with van der Waals surface area (Å²) in [4.78, 5) is 21.1. The SMILES string of the molecule is CCNC(=NCCC(=O)NC(C)C)N1CCN(c2ccccc2)CC1. The van der Waals surface area contributed by atoms with Crippen molar-refractivity contribution in [3.05, 3.63) is 30.3 Å². The van der Waals surface area contributed by atoms with Gasteiger partial charge in [-0.25, -0.2) is 0 Å². The second-order valence-corrected chi connectivity index (χ2v) is 6.52. The van der Waals surface area contributed by atoms with Crippen LogP contribution in [0.15, 0.2) is 35.3 Å². The molecule has 1 aliphatic heterocycles. The molecule has 25 heavy (non-hydrogen) atoms. The first-order chi connectivity index (χ1) is 12.1. The van der Waals surface area contributed by atoms with Crippen LogP contribution < -0.4 is 15.5 Å². The highest BCUT2D eigenvalue weighted by atomic mass is 16.1. The van der Waals surface area contributed by atoms with Gasteiger partial charge < -0.3 is 20.4 Å². The van der Waals surface area contributed by atoms with Gasteiger partial charge in [0.1, 0.15) is 0 Å². The zero-order valence-corrected chi connectivity index (χ0v) is 15.7. The summed E-state index contributed by atoms with van der Waals surface area (Å²) in [5, 5.41) is 6.25. The molecule has 0 unspecified atom stereocenters. The molecule has 0 aliphatic carbocycles. The summed E-state index contributed by atoms with van der Waals surface area (Å²) in [7, 11) is 0. The fourth-order valence-electron chi connectivity index (χ4n) is 2.90. The Morgan fingerprint density at radius 1 is 1.16 bits per heavy atom. The highest BCUT2D eigenvalue weighted by Gasteiger charge is 2.19.